The Morgan fingerprint density at radius 3 is 2.50 bits per heavy atom. The third kappa shape index (κ3) is 2.31. The zero-order valence-electron chi connectivity index (χ0n) is 9.98. The van der Waals surface area contributed by atoms with Crippen LogP contribution in [0.3, 0.4) is 0 Å². The highest BCUT2D eigenvalue weighted by molar-refractivity contribution is 7.80. The van der Waals surface area contributed by atoms with E-state index in [1.165, 1.54) is 6.07 Å². The largest absolute Gasteiger partial charge is 0.507 e. The van der Waals surface area contributed by atoms with E-state index in [1.54, 1.807) is 18.2 Å². The Labute approximate surface area is 111 Å². The van der Waals surface area contributed by atoms with Gasteiger partial charge in [-0.3, -0.25) is 4.79 Å². The maximum absolute atomic E-state index is 12.1. The van der Waals surface area contributed by atoms with Crippen molar-refractivity contribution >= 4 is 23.1 Å². The average Bonchev–Trinajstić information content (AvgIpc) is 2.79. The molecule has 1 aliphatic carbocycles. The van der Waals surface area contributed by atoms with E-state index in [9.17, 15) is 9.90 Å². The third-order valence-corrected chi connectivity index (χ3v) is 3.82. The standard InChI is InChI=1S/C13H16N2O2S/c14-12(18)13(7-3-4-8-13)15-11(17)9-5-1-2-6-10(9)16/h1-2,5-6,16H,3-4,7-8H2,(H2,14,18)(H,15,17). The summed E-state index contributed by atoms with van der Waals surface area (Å²) in [5, 5.41) is 12.5. The van der Waals surface area contributed by atoms with Crippen LogP contribution in [0.4, 0.5) is 0 Å². The quantitative estimate of drug-likeness (QED) is 0.727. The van der Waals surface area contributed by atoms with Crippen molar-refractivity contribution in [3.05, 3.63) is 29.8 Å². The van der Waals surface area contributed by atoms with Crippen LogP contribution in [0.15, 0.2) is 24.3 Å². The molecule has 0 saturated heterocycles. The molecule has 18 heavy (non-hydrogen) atoms. The summed E-state index contributed by atoms with van der Waals surface area (Å²) in [5.74, 6) is -0.367. The maximum Gasteiger partial charge on any atom is 0.255 e. The highest BCUT2D eigenvalue weighted by Gasteiger charge is 2.38. The lowest BCUT2D eigenvalue weighted by Gasteiger charge is -2.29. The number of amides is 1. The van der Waals surface area contributed by atoms with Crippen LogP contribution in [0.5, 0.6) is 5.75 Å². The Hall–Kier alpha value is -1.62. The zero-order chi connectivity index (χ0) is 13.2. The highest BCUT2D eigenvalue weighted by Crippen LogP contribution is 2.30. The molecule has 0 aromatic heterocycles. The van der Waals surface area contributed by atoms with Gasteiger partial charge < -0.3 is 16.2 Å². The summed E-state index contributed by atoms with van der Waals surface area (Å²) in [4.78, 5) is 12.5. The first-order valence-electron chi connectivity index (χ1n) is 5.95. The molecule has 0 aliphatic heterocycles. The molecule has 0 atom stereocenters. The number of hydrogen-bond acceptors (Lipinski definition) is 3. The van der Waals surface area contributed by atoms with E-state index in [2.05, 4.69) is 5.32 Å². The summed E-state index contributed by atoms with van der Waals surface area (Å²) in [7, 11) is 0. The van der Waals surface area contributed by atoms with Gasteiger partial charge >= 0.3 is 0 Å². The van der Waals surface area contributed by atoms with Gasteiger partial charge in [-0.25, -0.2) is 0 Å². The highest BCUT2D eigenvalue weighted by atomic mass is 32.1. The molecular formula is C13H16N2O2S. The molecule has 0 heterocycles. The van der Waals surface area contributed by atoms with Crippen LogP contribution >= 0.6 is 12.2 Å². The summed E-state index contributed by atoms with van der Waals surface area (Å²) in [6.07, 6.45) is 3.53. The Morgan fingerprint density at radius 2 is 1.94 bits per heavy atom. The second-order valence-electron chi connectivity index (χ2n) is 4.62. The number of phenols is 1. The molecule has 1 amide bonds. The van der Waals surface area contributed by atoms with Crippen molar-refractivity contribution in [2.45, 2.75) is 31.2 Å². The number of nitrogens with one attached hydrogen (secondary N) is 1. The first-order valence-corrected chi connectivity index (χ1v) is 6.36. The van der Waals surface area contributed by atoms with Crippen LogP contribution in [-0.2, 0) is 0 Å². The Morgan fingerprint density at radius 1 is 1.33 bits per heavy atom. The van der Waals surface area contributed by atoms with Gasteiger partial charge in [0.05, 0.1) is 16.1 Å². The van der Waals surface area contributed by atoms with Crippen molar-refractivity contribution in [2.75, 3.05) is 0 Å². The molecular weight excluding hydrogens is 248 g/mol. The second kappa shape index (κ2) is 4.94. The molecule has 1 aromatic carbocycles. The first kappa shape index (κ1) is 12.8. The van der Waals surface area contributed by atoms with Gasteiger partial charge in [0.1, 0.15) is 5.75 Å². The fourth-order valence-corrected chi connectivity index (χ4v) is 2.62. The van der Waals surface area contributed by atoms with Gasteiger partial charge in [-0.15, -0.1) is 0 Å². The first-order chi connectivity index (χ1) is 8.55. The number of thiocarbonyl (C=S) groups is 1. The summed E-state index contributed by atoms with van der Waals surface area (Å²) in [6, 6.07) is 6.44. The van der Waals surface area contributed by atoms with Gasteiger partial charge in [0.25, 0.3) is 5.91 Å². The average molecular weight is 264 g/mol. The van der Waals surface area contributed by atoms with Crippen LogP contribution < -0.4 is 11.1 Å². The molecule has 1 aliphatic rings. The fourth-order valence-electron chi connectivity index (χ4n) is 2.36. The molecule has 0 radical (unpaired) electrons. The van der Waals surface area contributed by atoms with Crippen LogP contribution in [0, 0.1) is 0 Å². The number of phenolic OH excluding ortho intramolecular Hbond substituents is 1. The Balaban J connectivity index is 2.21. The van der Waals surface area contributed by atoms with Gasteiger partial charge in [0, 0.05) is 0 Å². The lowest BCUT2D eigenvalue weighted by molar-refractivity contribution is 0.0922. The van der Waals surface area contributed by atoms with Gasteiger partial charge in [-0.2, -0.15) is 0 Å². The third-order valence-electron chi connectivity index (χ3n) is 3.43. The molecule has 1 saturated carbocycles. The number of rotatable bonds is 3. The van der Waals surface area contributed by atoms with E-state index in [0.29, 0.717) is 4.99 Å². The predicted molar refractivity (Wildman–Crippen MR) is 73.6 cm³/mol. The van der Waals surface area contributed by atoms with Crippen molar-refractivity contribution in [1.82, 2.24) is 5.32 Å². The van der Waals surface area contributed by atoms with Crippen LogP contribution in [-0.4, -0.2) is 21.5 Å². The molecule has 1 aromatic rings. The number of para-hydroxylation sites is 1. The van der Waals surface area contributed by atoms with Crippen LogP contribution in [0.1, 0.15) is 36.0 Å². The lowest BCUT2D eigenvalue weighted by atomic mass is 9.97. The Kier molecular flexibility index (Phi) is 3.52. The van der Waals surface area contributed by atoms with E-state index < -0.39 is 5.54 Å². The molecule has 2 rings (SSSR count). The van der Waals surface area contributed by atoms with E-state index in [1.807, 2.05) is 0 Å². The molecule has 1 fully saturated rings. The number of hydrogen-bond donors (Lipinski definition) is 3. The maximum atomic E-state index is 12.1. The summed E-state index contributed by atoms with van der Waals surface area (Å²) < 4.78 is 0. The SMILES string of the molecule is NC(=S)C1(NC(=O)c2ccccc2O)CCCC1. The van der Waals surface area contributed by atoms with Gasteiger partial charge in [0.2, 0.25) is 0 Å². The van der Waals surface area contributed by atoms with Crippen molar-refractivity contribution in [2.24, 2.45) is 5.73 Å². The minimum Gasteiger partial charge on any atom is -0.507 e. The molecule has 4 nitrogen and oxygen atoms in total. The molecule has 0 unspecified atom stereocenters. The van der Waals surface area contributed by atoms with E-state index in [0.717, 1.165) is 25.7 Å². The van der Waals surface area contributed by atoms with Crippen molar-refractivity contribution < 1.29 is 9.90 Å². The normalized spacial score (nSPS) is 17.3. The zero-order valence-corrected chi connectivity index (χ0v) is 10.8. The van der Waals surface area contributed by atoms with Crippen LogP contribution in [0.25, 0.3) is 0 Å². The smallest absolute Gasteiger partial charge is 0.255 e. The topological polar surface area (TPSA) is 75.3 Å². The molecule has 0 spiro atoms. The van der Waals surface area contributed by atoms with E-state index >= 15 is 0 Å². The van der Waals surface area contributed by atoms with Crippen molar-refractivity contribution in [3.63, 3.8) is 0 Å². The monoisotopic (exact) mass is 264 g/mol. The van der Waals surface area contributed by atoms with Crippen molar-refractivity contribution in [1.29, 1.82) is 0 Å². The minimum atomic E-state index is -0.589. The summed E-state index contributed by atoms with van der Waals surface area (Å²) >= 11 is 5.07. The Bertz CT molecular complexity index is 482. The molecule has 96 valence electrons. The molecule has 0 bridgehead atoms. The number of aromatic hydroxyl groups is 1. The molecule has 5 heteroatoms. The van der Waals surface area contributed by atoms with Gasteiger partial charge in [0.15, 0.2) is 0 Å². The van der Waals surface area contributed by atoms with Gasteiger partial charge in [-0.1, -0.05) is 37.2 Å². The van der Waals surface area contributed by atoms with Gasteiger partial charge in [-0.05, 0) is 25.0 Å². The van der Waals surface area contributed by atoms with E-state index in [4.69, 9.17) is 18.0 Å². The summed E-state index contributed by atoms with van der Waals surface area (Å²) in [5.41, 5.74) is 5.41. The number of carbonyl (C=O) groups excluding carboxylic acids is 1. The number of carbonyl (C=O) groups is 1. The molecule has 4 N–H and O–H groups in total. The van der Waals surface area contributed by atoms with Crippen molar-refractivity contribution in [3.8, 4) is 5.75 Å². The second-order valence-corrected chi connectivity index (χ2v) is 5.06. The minimum absolute atomic E-state index is 0.0360. The number of benzene rings is 1. The lowest BCUT2D eigenvalue weighted by Crippen LogP contribution is -2.54. The summed E-state index contributed by atoms with van der Waals surface area (Å²) in [6.45, 7) is 0. The predicted octanol–water partition coefficient (Wildman–Crippen LogP) is 1.72. The van der Waals surface area contributed by atoms with E-state index in [-0.39, 0.29) is 17.2 Å². The fraction of sp³-hybridized carbons (Fsp3) is 0.385. The number of nitrogens with two attached hydrogens (primary N) is 1. The van der Waals surface area contributed by atoms with Crippen LogP contribution in [0.2, 0.25) is 0 Å².